The van der Waals surface area contributed by atoms with Crippen LogP contribution in [0, 0.1) is 0 Å². The molecule has 16 heavy (non-hydrogen) atoms. The summed E-state index contributed by atoms with van der Waals surface area (Å²) in [5.74, 6) is -0.377. The molecule has 0 saturated carbocycles. The summed E-state index contributed by atoms with van der Waals surface area (Å²) in [5.41, 5.74) is 5.42. The molecule has 0 unspecified atom stereocenters. The maximum Gasteiger partial charge on any atom is 0.229 e. The van der Waals surface area contributed by atoms with E-state index < -0.39 is 5.41 Å². The Labute approximate surface area is 102 Å². The molecule has 1 amide bonds. The minimum Gasteiger partial charge on any atom is -0.369 e. The van der Waals surface area contributed by atoms with Gasteiger partial charge in [-0.15, -0.1) is 11.3 Å². The summed E-state index contributed by atoms with van der Waals surface area (Å²) < 4.78 is 1.01. The molecule has 3 nitrogen and oxygen atoms in total. The van der Waals surface area contributed by atoms with Gasteiger partial charge in [0.25, 0.3) is 0 Å². The van der Waals surface area contributed by atoms with Crippen molar-refractivity contribution in [1.29, 1.82) is 0 Å². The Balaban J connectivity index is 2.59. The Morgan fingerprint density at radius 3 is 2.81 bits per heavy atom. The van der Waals surface area contributed by atoms with E-state index in [9.17, 15) is 4.79 Å². The number of halogens is 1. The van der Waals surface area contributed by atoms with Crippen LogP contribution in [0.4, 0.5) is 0 Å². The van der Waals surface area contributed by atoms with E-state index in [0.717, 1.165) is 15.2 Å². The standard InChI is InChI=1S/C11H11ClN2OS/c1-11(2,9(13)15)10-14-7-5-6(12)3-4-8(7)16-10/h3-5H,1-2H3,(H2,13,15). The summed E-state index contributed by atoms with van der Waals surface area (Å²) in [6.45, 7) is 3.54. The highest BCUT2D eigenvalue weighted by atomic mass is 35.5. The smallest absolute Gasteiger partial charge is 0.229 e. The first kappa shape index (κ1) is 11.4. The minimum atomic E-state index is -0.740. The van der Waals surface area contributed by atoms with Gasteiger partial charge >= 0.3 is 0 Å². The number of primary amides is 1. The lowest BCUT2D eigenvalue weighted by atomic mass is 9.94. The number of nitrogens with zero attached hydrogens (tertiary/aromatic N) is 1. The molecule has 0 aliphatic rings. The normalized spacial score (nSPS) is 11.9. The monoisotopic (exact) mass is 254 g/mol. The Morgan fingerprint density at radius 1 is 1.50 bits per heavy atom. The Bertz CT molecular complexity index is 562. The molecule has 0 atom stereocenters. The predicted molar refractivity (Wildman–Crippen MR) is 66.9 cm³/mol. The van der Waals surface area contributed by atoms with Gasteiger partial charge < -0.3 is 5.73 Å². The SMILES string of the molecule is CC(C)(C(N)=O)c1nc2cc(Cl)ccc2s1. The molecule has 0 saturated heterocycles. The summed E-state index contributed by atoms with van der Waals surface area (Å²) in [4.78, 5) is 15.7. The third-order valence-corrected chi connectivity index (χ3v) is 4.10. The highest BCUT2D eigenvalue weighted by molar-refractivity contribution is 7.18. The van der Waals surface area contributed by atoms with Crippen molar-refractivity contribution >= 4 is 39.1 Å². The summed E-state index contributed by atoms with van der Waals surface area (Å²) in [5, 5.41) is 1.36. The first-order chi connectivity index (χ1) is 7.41. The van der Waals surface area contributed by atoms with Crippen LogP contribution in [0.5, 0.6) is 0 Å². The number of nitrogens with two attached hydrogens (primary N) is 1. The fourth-order valence-corrected chi connectivity index (χ4v) is 2.49. The third kappa shape index (κ3) is 1.79. The van der Waals surface area contributed by atoms with Gasteiger partial charge in [0.15, 0.2) is 0 Å². The second-order valence-corrected chi connectivity index (χ2v) is 5.59. The van der Waals surface area contributed by atoms with Crippen molar-refractivity contribution < 1.29 is 4.79 Å². The summed E-state index contributed by atoms with van der Waals surface area (Å²) >= 11 is 7.35. The number of hydrogen-bond acceptors (Lipinski definition) is 3. The summed E-state index contributed by atoms with van der Waals surface area (Å²) in [6, 6.07) is 5.49. The maximum atomic E-state index is 11.3. The van der Waals surface area contributed by atoms with Crippen LogP contribution in [-0.4, -0.2) is 10.9 Å². The van der Waals surface area contributed by atoms with Gasteiger partial charge in [-0.25, -0.2) is 4.98 Å². The van der Waals surface area contributed by atoms with Gasteiger partial charge in [0.2, 0.25) is 5.91 Å². The molecule has 2 aromatic rings. The summed E-state index contributed by atoms with van der Waals surface area (Å²) in [7, 11) is 0. The highest BCUT2D eigenvalue weighted by Crippen LogP contribution is 2.32. The van der Waals surface area contributed by atoms with Gasteiger partial charge in [-0.2, -0.15) is 0 Å². The zero-order valence-electron chi connectivity index (χ0n) is 8.95. The lowest BCUT2D eigenvalue weighted by molar-refractivity contribution is -0.122. The molecule has 0 aliphatic heterocycles. The number of aromatic nitrogens is 1. The van der Waals surface area contributed by atoms with Crippen molar-refractivity contribution in [3.63, 3.8) is 0 Å². The number of hydrogen-bond donors (Lipinski definition) is 1. The average Bonchev–Trinajstić information content (AvgIpc) is 2.60. The molecule has 0 aliphatic carbocycles. The van der Waals surface area contributed by atoms with Crippen LogP contribution in [0.3, 0.4) is 0 Å². The number of carbonyl (C=O) groups excluding carboxylic acids is 1. The van der Waals surface area contributed by atoms with Gasteiger partial charge in [-0.1, -0.05) is 11.6 Å². The topological polar surface area (TPSA) is 56.0 Å². The summed E-state index contributed by atoms with van der Waals surface area (Å²) in [6.07, 6.45) is 0. The fraction of sp³-hybridized carbons (Fsp3) is 0.273. The molecular formula is C11H11ClN2OS. The van der Waals surface area contributed by atoms with Gasteiger partial charge in [0, 0.05) is 5.02 Å². The quantitative estimate of drug-likeness (QED) is 0.896. The van der Waals surface area contributed by atoms with E-state index in [-0.39, 0.29) is 5.91 Å². The van der Waals surface area contributed by atoms with Gasteiger partial charge in [0.05, 0.1) is 15.6 Å². The third-order valence-electron chi connectivity index (χ3n) is 2.50. The second-order valence-electron chi connectivity index (χ2n) is 4.12. The van der Waals surface area contributed by atoms with Crippen LogP contribution in [0.15, 0.2) is 18.2 Å². The average molecular weight is 255 g/mol. The van der Waals surface area contributed by atoms with Crippen LogP contribution in [0.1, 0.15) is 18.9 Å². The molecule has 1 aromatic heterocycles. The van der Waals surface area contributed by atoms with Crippen molar-refractivity contribution in [2.45, 2.75) is 19.3 Å². The number of amides is 1. The molecule has 0 radical (unpaired) electrons. The molecule has 1 aromatic carbocycles. The van der Waals surface area contributed by atoms with Crippen LogP contribution in [0.2, 0.25) is 5.02 Å². The van der Waals surface area contributed by atoms with Gasteiger partial charge in [0.1, 0.15) is 5.01 Å². The van der Waals surface area contributed by atoms with Crippen LogP contribution in [0.25, 0.3) is 10.2 Å². The molecule has 2 rings (SSSR count). The van der Waals surface area contributed by atoms with Crippen molar-refractivity contribution in [3.05, 3.63) is 28.2 Å². The zero-order chi connectivity index (χ0) is 11.9. The zero-order valence-corrected chi connectivity index (χ0v) is 10.5. The van der Waals surface area contributed by atoms with E-state index >= 15 is 0 Å². The van der Waals surface area contributed by atoms with E-state index in [1.165, 1.54) is 11.3 Å². The van der Waals surface area contributed by atoms with Crippen molar-refractivity contribution in [1.82, 2.24) is 4.98 Å². The van der Waals surface area contributed by atoms with Crippen LogP contribution >= 0.6 is 22.9 Å². The molecule has 84 valence electrons. The van der Waals surface area contributed by atoms with Crippen LogP contribution in [-0.2, 0) is 10.2 Å². The Kier molecular flexibility index (Phi) is 2.64. The molecule has 5 heteroatoms. The molecular weight excluding hydrogens is 244 g/mol. The van der Waals surface area contributed by atoms with Crippen molar-refractivity contribution in [2.75, 3.05) is 0 Å². The fourth-order valence-electron chi connectivity index (χ4n) is 1.27. The highest BCUT2D eigenvalue weighted by Gasteiger charge is 2.30. The first-order valence-corrected chi connectivity index (χ1v) is 5.97. The molecule has 0 fully saturated rings. The molecule has 1 heterocycles. The Hall–Kier alpha value is -1.13. The van der Waals surface area contributed by atoms with Crippen LogP contribution < -0.4 is 5.73 Å². The number of carbonyl (C=O) groups is 1. The van der Waals surface area contributed by atoms with E-state index in [2.05, 4.69) is 4.98 Å². The van der Waals surface area contributed by atoms with Gasteiger partial charge in [-0.05, 0) is 32.0 Å². The number of benzene rings is 1. The van der Waals surface area contributed by atoms with E-state index in [1.807, 2.05) is 12.1 Å². The lowest BCUT2D eigenvalue weighted by Crippen LogP contribution is -2.35. The van der Waals surface area contributed by atoms with Crippen molar-refractivity contribution in [3.8, 4) is 0 Å². The maximum absolute atomic E-state index is 11.3. The first-order valence-electron chi connectivity index (χ1n) is 4.78. The molecule has 2 N–H and O–H groups in total. The number of rotatable bonds is 2. The number of thiazole rings is 1. The predicted octanol–water partition coefficient (Wildman–Crippen LogP) is 2.71. The van der Waals surface area contributed by atoms with Gasteiger partial charge in [-0.3, -0.25) is 4.79 Å². The van der Waals surface area contributed by atoms with E-state index in [0.29, 0.717) is 5.02 Å². The lowest BCUT2D eigenvalue weighted by Gasteiger charge is -2.16. The largest absolute Gasteiger partial charge is 0.369 e. The second kappa shape index (κ2) is 3.71. The van der Waals surface area contributed by atoms with E-state index in [4.69, 9.17) is 17.3 Å². The van der Waals surface area contributed by atoms with Crippen molar-refractivity contribution in [2.24, 2.45) is 5.73 Å². The minimum absolute atomic E-state index is 0.377. The number of fused-ring (bicyclic) bond motifs is 1. The van der Waals surface area contributed by atoms with E-state index in [1.54, 1.807) is 19.9 Å². The molecule has 0 spiro atoms. The molecule has 0 bridgehead atoms. The Morgan fingerprint density at radius 2 is 2.19 bits per heavy atom.